The summed E-state index contributed by atoms with van der Waals surface area (Å²) in [6.45, 7) is 0. The number of rotatable bonds is 5. The average molecular weight is 435 g/mol. The zero-order valence-corrected chi connectivity index (χ0v) is 16.6. The lowest BCUT2D eigenvalue weighted by molar-refractivity contribution is -0.117. The van der Waals surface area contributed by atoms with E-state index < -0.39 is 15.9 Å². The molecule has 25 heavy (non-hydrogen) atoms. The Kier molecular flexibility index (Phi) is 7.53. The molecule has 0 radical (unpaired) electrons. The molecule has 2 aromatic rings. The molecule has 2 rings (SSSR count). The molecular formula is C16H14Cl3N3OS2. The lowest BCUT2D eigenvalue weighted by atomic mass is 10.3. The number of amides is 1. The first kappa shape index (κ1) is 20.0. The minimum Gasteiger partial charge on any atom is -0.339 e. The molecule has 4 nitrogen and oxygen atoms in total. The minimum absolute atomic E-state index is 0.213. The molecule has 1 heterocycles. The number of halogens is 3. The number of benzene rings is 1. The van der Waals surface area contributed by atoms with Crippen LogP contribution in [0, 0.1) is 0 Å². The first-order chi connectivity index (χ1) is 11.8. The summed E-state index contributed by atoms with van der Waals surface area (Å²) in [5.74, 6) is -0.417. The maximum atomic E-state index is 12.1. The van der Waals surface area contributed by atoms with Gasteiger partial charge in [0.25, 0.3) is 0 Å². The van der Waals surface area contributed by atoms with E-state index in [1.165, 1.54) is 17.4 Å². The summed E-state index contributed by atoms with van der Waals surface area (Å²) in [6, 6.07) is 13.0. The zero-order valence-electron chi connectivity index (χ0n) is 12.7. The summed E-state index contributed by atoms with van der Waals surface area (Å²) in [7, 11) is 0. The molecule has 1 atom stereocenters. The summed E-state index contributed by atoms with van der Waals surface area (Å²) in [5, 5.41) is 10.4. The molecule has 1 unspecified atom stereocenters. The van der Waals surface area contributed by atoms with E-state index in [0.717, 1.165) is 10.6 Å². The number of nitrogens with one attached hydrogen (secondary N) is 3. The maximum absolute atomic E-state index is 12.1. The predicted octanol–water partition coefficient (Wildman–Crippen LogP) is 4.56. The lowest BCUT2D eigenvalue weighted by Gasteiger charge is -2.27. The van der Waals surface area contributed by atoms with Crippen LogP contribution >= 0.6 is 58.4 Å². The third-order valence-electron chi connectivity index (χ3n) is 2.86. The van der Waals surface area contributed by atoms with E-state index in [2.05, 4.69) is 16.0 Å². The van der Waals surface area contributed by atoms with Gasteiger partial charge in [-0.15, -0.1) is 11.3 Å². The van der Waals surface area contributed by atoms with Crippen LogP contribution in [-0.4, -0.2) is 21.0 Å². The van der Waals surface area contributed by atoms with Crippen molar-refractivity contribution in [3.8, 4) is 0 Å². The number of carbonyl (C=O) groups is 1. The monoisotopic (exact) mass is 433 g/mol. The molecule has 0 fully saturated rings. The first-order valence-corrected chi connectivity index (χ1v) is 9.48. The van der Waals surface area contributed by atoms with Gasteiger partial charge < -0.3 is 16.0 Å². The fourth-order valence-electron chi connectivity index (χ4n) is 1.75. The van der Waals surface area contributed by atoms with Crippen LogP contribution in [0.2, 0.25) is 0 Å². The van der Waals surface area contributed by atoms with Crippen molar-refractivity contribution in [1.29, 1.82) is 0 Å². The van der Waals surface area contributed by atoms with Gasteiger partial charge in [-0.3, -0.25) is 4.79 Å². The summed E-state index contributed by atoms with van der Waals surface area (Å²) < 4.78 is -1.80. The van der Waals surface area contributed by atoms with Gasteiger partial charge in [-0.1, -0.05) is 59.1 Å². The topological polar surface area (TPSA) is 53.2 Å². The molecule has 0 aliphatic carbocycles. The molecule has 0 aliphatic heterocycles. The number of hydrogen-bond acceptors (Lipinski definition) is 3. The molecule has 0 aliphatic rings. The molecule has 3 N–H and O–H groups in total. The molecule has 132 valence electrons. The molecule has 1 aromatic carbocycles. The van der Waals surface area contributed by atoms with E-state index >= 15 is 0 Å². The minimum atomic E-state index is -1.80. The van der Waals surface area contributed by atoms with Gasteiger partial charge in [0.15, 0.2) is 5.11 Å². The summed E-state index contributed by atoms with van der Waals surface area (Å²) in [4.78, 5) is 13.0. The highest BCUT2D eigenvalue weighted by atomic mass is 35.6. The van der Waals surface area contributed by atoms with Crippen LogP contribution in [0.25, 0.3) is 6.08 Å². The van der Waals surface area contributed by atoms with Crippen LogP contribution in [0.4, 0.5) is 5.69 Å². The number of hydrogen-bond donors (Lipinski definition) is 3. The van der Waals surface area contributed by atoms with Gasteiger partial charge in [-0.05, 0) is 41.9 Å². The number of thiophene rings is 1. The molecule has 9 heteroatoms. The third kappa shape index (κ3) is 7.22. The fraction of sp³-hybridized carbons (Fsp3) is 0.125. The molecule has 0 saturated carbocycles. The van der Waals surface area contributed by atoms with Crippen molar-refractivity contribution in [3.05, 3.63) is 58.8 Å². The molecule has 0 saturated heterocycles. The third-order valence-corrected chi connectivity index (χ3v) is 4.58. The van der Waals surface area contributed by atoms with Gasteiger partial charge in [0.05, 0.1) is 0 Å². The van der Waals surface area contributed by atoms with Crippen molar-refractivity contribution >= 4 is 81.1 Å². The maximum Gasteiger partial charge on any atom is 0.245 e. The van der Waals surface area contributed by atoms with Crippen LogP contribution in [0.1, 0.15) is 4.88 Å². The van der Waals surface area contributed by atoms with Crippen molar-refractivity contribution < 1.29 is 4.79 Å². The highest BCUT2D eigenvalue weighted by Crippen LogP contribution is 2.29. The predicted molar refractivity (Wildman–Crippen MR) is 111 cm³/mol. The SMILES string of the molecule is O=C(/C=C/c1cccs1)NC(NC(=S)Nc1ccccc1)C(Cl)(Cl)Cl. The van der Waals surface area contributed by atoms with Crippen LogP contribution in [0.15, 0.2) is 53.9 Å². The average Bonchev–Trinajstić information content (AvgIpc) is 3.06. The van der Waals surface area contributed by atoms with E-state index in [0.29, 0.717) is 0 Å². The first-order valence-electron chi connectivity index (χ1n) is 7.06. The normalized spacial score (nSPS) is 12.6. The Balaban J connectivity index is 1.96. The van der Waals surface area contributed by atoms with E-state index in [9.17, 15) is 4.79 Å². The highest BCUT2D eigenvalue weighted by Gasteiger charge is 2.34. The van der Waals surface area contributed by atoms with Crippen molar-refractivity contribution in [2.24, 2.45) is 0 Å². The largest absolute Gasteiger partial charge is 0.339 e. The molecule has 0 spiro atoms. The van der Waals surface area contributed by atoms with Gasteiger partial charge in [0.1, 0.15) is 6.17 Å². The summed E-state index contributed by atoms with van der Waals surface area (Å²) >= 11 is 24.5. The lowest BCUT2D eigenvalue weighted by Crippen LogP contribution is -2.55. The number of thiocarbonyl (C=S) groups is 1. The Morgan fingerprint density at radius 2 is 1.84 bits per heavy atom. The molecule has 1 amide bonds. The molecule has 1 aromatic heterocycles. The highest BCUT2D eigenvalue weighted by molar-refractivity contribution is 7.80. The van der Waals surface area contributed by atoms with Crippen LogP contribution in [0.3, 0.4) is 0 Å². The molecular weight excluding hydrogens is 421 g/mol. The standard InChI is InChI=1S/C16H14Cl3N3OS2/c17-16(18,19)14(21-13(23)9-8-12-7-4-10-25-12)22-15(24)20-11-5-2-1-3-6-11/h1-10,14H,(H,21,23)(H2,20,22,24)/b9-8+. The second-order valence-corrected chi connectivity index (χ2v) is 8.55. The number of carbonyl (C=O) groups excluding carboxylic acids is 1. The Morgan fingerprint density at radius 1 is 1.12 bits per heavy atom. The van der Waals surface area contributed by atoms with Gasteiger partial charge in [0, 0.05) is 16.6 Å². The van der Waals surface area contributed by atoms with Crippen LogP contribution in [-0.2, 0) is 4.79 Å². The smallest absolute Gasteiger partial charge is 0.245 e. The van der Waals surface area contributed by atoms with Gasteiger partial charge in [0.2, 0.25) is 9.70 Å². The Bertz CT molecular complexity index is 731. The summed E-state index contributed by atoms with van der Waals surface area (Å²) in [5.41, 5.74) is 0.770. The van der Waals surface area contributed by atoms with Crippen LogP contribution in [0.5, 0.6) is 0 Å². The Hall–Kier alpha value is -1.31. The second-order valence-electron chi connectivity index (χ2n) is 4.80. The van der Waals surface area contributed by atoms with E-state index in [1.807, 2.05) is 47.8 Å². The van der Waals surface area contributed by atoms with Crippen molar-refractivity contribution in [3.63, 3.8) is 0 Å². The number of anilines is 1. The molecule has 0 bridgehead atoms. The quantitative estimate of drug-likeness (QED) is 0.279. The Morgan fingerprint density at radius 3 is 2.44 bits per heavy atom. The van der Waals surface area contributed by atoms with Crippen molar-refractivity contribution in [1.82, 2.24) is 10.6 Å². The zero-order chi connectivity index (χ0) is 18.3. The Labute approximate surface area is 170 Å². The van der Waals surface area contributed by atoms with Gasteiger partial charge in [-0.25, -0.2) is 0 Å². The van der Waals surface area contributed by atoms with Crippen molar-refractivity contribution in [2.75, 3.05) is 5.32 Å². The number of alkyl halides is 3. The van der Waals surface area contributed by atoms with E-state index in [-0.39, 0.29) is 5.11 Å². The van der Waals surface area contributed by atoms with Crippen molar-refractivity contribution in [2.45, 2.75) is 9.96 Å². The van der Waals surface area contributed by atoms with E-state index in [1.54, 1.807) is 6.08 Å². The van der Waals surface area contributed by atoms with Gasteiger partial charge in [-0.2, -0.15) is 0 Å². The van der Waals surface area contributed by atoms with E-state index in [4.69, 9.17) is 47.0 Å². The van der Waals surface area contributed by atoms with Crippen LogP contribution < -0.4 is 16.0 Å². The summed E-state index contributed by atoms with van der Waals surface area (Å²) in [6.07, 6.45) is 2.03. The fourth-order valence-corrected chi connectivity index (χ4v) is 2.93. The second kappa shape index (κ2) is 9.40. The number of para-hydroxylation sites is 1. The van der Waals surface area contributed by atoms with Gasteiger partial charge >= 0.3 is 0 Å².